The molecule has 0 aromatic heterocycles. The van der Waals surface area contributed by atoms with Gasteiger partial charge in [0.1, 0.15) is 0 Å². The number of aliphatic hydroxyl groups excluding tert-OH is 1. The Morgan fingerprint density at radius 3 is 2.46 bits per heavy atom. The molecule has 1 aromatic rings. The van der Waals surface area contributed by atoms with Gasteiger partial charge < -0.3 is 5.11 Å². The van der Waals surface area contributed by atoms with E-state index in [1.807, 2.05) is 13.0 Å². The van der Waals surface area contributed by atoms with E-state index < -0.39 is 0 Å². The summed E-state index contributed by atoms with van der Waals surface area (Å²) in [4.78, 5) is 1.26. The maximum absolute atomic E-state index is 8.82. The predicted molar refractivity (Wildman–Crippen MR) is 59.0 cm³/mol. The average Bonchev–Trinajstić information content (AvgIpc) is 2.19. The van der Waals surface area contributed by atoms with Crippen molar-refractivity contribution in [2.24, 2.45) is 0 Å². The topological polar surface area (TPSA) is 20.2 Å². The SMILES string of the molecule is CSc1ccc(C=C(C)CO)cc1. The van der Waals surface area contributed by atoms with Crippen LogP contribution in [0.4, 0.5) is 0 Å². The smallest absolute Gasteiger partial charge is 0.0642 e. The zero-order valence-electron chi connectivity index (χ0n) is 7.95. The van der Waals surface area contributed by atoms with Crippen molar-refractivity contribution < 1.29 is 5.11 Å². The molecular weight excluding hydrogens is 180 g/mol. The summed E-state index contributed by atoms with van der Waals surface area (Å²) >= 11 is 1.73. The van der Waals surface area contributed by atoms with Crippen LogP contribution in [0.3, 0.4) is 0 Å². The monoisotopic (exact) mass is 194 g/mol. The molecule has 0 heterocycles. The lowest BCUT2D eigenvalue weighted by Gasteiger charge is -1.98. The molecule has 0 amide bonds. The van der Waals surface area contributed by atoms with Crippen molar-refractivity contribution in [3.8, 4) is 0 Å². The van der Waals surface area contributed by atoms with Gasteiger partial charge in [-0.15, -0.1) is 11.8 Å². The van der Waals surface area contributed by atoms with Gasteiger partial charge in [-0.2, -0.15) is 0 Å². The second-order valence-corrected chi connectivity index (χ2v) is 3.80. The normalized spacial score (nSPS) is 11.8. The van der Waals surface area contributed by atoms with Crippen LogP contribution in [0.25, 0.3) is 6.08 Å². The van der Waals surface area contributed by atoms with Crippen LogP contribution in [0.1, 0.15) is 12.5 Å². The zero-order valence-corrected chi connectivity index (χ0v) is 8.77. The molecule has 0 saturated carbocycles. The van der Waals surface area contributed by atoms with Crippen molar-refractivity contribution in [2.45, 2.75) is 11.8 Å². The third kappa shape index (κ3) is 3.25. The fraction of sp³-hybridized carbons (Fsp3) is 0.273. The van der Waals surface area contributed by atoms with Gasteiger partial charge in [-0.1, -0.05) is 18.2 Å². The van der Waals surface area contributed by atoms with Crippen LogP contribution in [-0.2, 0) is 0 Å². The van der Waals surface area contributed by atoms with Gasteiger partial charge in [-0.3, -0.25) is 0 Å². The lowest BCUT2D eigenvalue weighted by molar-refractivity contribution is 0.332. The van der Waals surface area contributed by atoms with E-state index in [0.29, 0.717) is 0 Å². The van der Waals surface area contributed by atoms with E-state index >= 15 is 0 Å². The molecule has 0 aliphatic rings. The lowest BCUT2D eigenvalue weighted by Crippen LogP contribution is -1.83. The fourth-order valence-corrected chi connectivity index (χ4v) is 1.44. The highest BCUT2D eigenvalue weighted by molar-refractivity contribution is 7.98. The maximum atomic E-state index is 8.82. The van der Waals surface area contributed by atoms with E-state index in [1.165, 1.54) is 4.90 Å². The van der Waals surface area contributed by atoms with Crippen LogP contribution < -0.4 is 0 Å². The number of thioether (sulfide) groups is 1. The fourth-order valence-electron chi connectivity index (χ4n) is 1.03. The van der Waals surface area contributed by atoms with Crippen LogP contribution in [0, 0.1) is 0 Å². The Balaban J connectivity index is 2.80. The summed E-state index contributed by atoms with van der Waals surface area (Å²) in [6, 6.07) is 8.29. The Bertz CT molecular complexity index is 287. The largest absolute Gasteiger partial charge is 0.392 e. The summed E-state index contributed by atoms with van der Waals surface area (Å²) in [5.74, 6) is 0. The van der Waals surface area contributed by atoms with E-state index in [4.69, 9.17) is 5.11 Å². The summed E-state index contributed by atoms with van der Waals surface area (Å²) in [5, 5.41) is 8.82. The Labute approximate surface area is 83.5 Å². The van der Waals surface area contributed by atoms with Crippen molar-refractivity contribution in [1.29, 1.82) is 0 Å². The van der Waals surface area contributed by atoms with Gasteiger partial charge in [0.2, 0.25) is 0 Å². The standard InChI is InChI=1S/C11H14OS/c1-9(8-12)7-10-3-5-11(13-2)6-4-10/h3-7,12H,8H2,1-2H3. The van der Waals surface area contributed by atoms with Crippen LogP contribution in [0.5, 0.6) is 0 Å². The van der Waals surface area contributed by atoms with Gasteiger partial charge in [0.05, 0.1) is 6.61 Å². The van der Waals surface area contributed by atoms with Gasteiger partial charge in [0.15, 0.2) is 0 Å². The summed E-state index contributed by atoms with van der Waals surface area (Å²) < 4.78 is 0. The molecule has 0 unspecified atom stereocenters. The molecule has 70 valence electrons. The predicted octanol–water partition coefficient (Wildman–Crippen LogP) is 2.80. The maximum Gasteiger partial charge on any atom is 0.0642 e. The molecule has 1 nitrogen and oxygen atoms in total. The molecular formula is C11H14OS. The van der Waals surface area contributed by atoms with E-state index in [0.717, 1.165) is 11.1 Å². The molecule has 0 aliphatic carbocycles. The van der Waals surface area contributed by atoms with Crippen molar-refractivity contribution >= 4 is 17.8 Å². The molecule has 0 atom stereocenters. The van der Waals surface area contributed by atoms with Crippen LogP contribution in [0.2, 0.25) is 0 Å². The summed E-state index contributed by atoms with van der Waals surface area (Å²) in [6.45, 7) is 2.05. The molecule has 0 saturated heterocycles. The van der Waals surface area contributed by atoms with Gasteiger partial charge in [-0.25, -0.2) is 0 Å². The average molecular weight is 194 g/mol. The molecule has 0 bridgehead atoms. The van der Waals surface area contributed by atoms with Gasteiger partial charge in [0, 0.05) is 4.90 Å². The summed E-state index contributed by atoms with van der Waals surface area (Å²) in [5.41, 5.74) is 2.13. The minimum absolute atomic E-state index is 0.129. The first kappa shape index (κ1) is 10.4. The van der Waals surface area contributed by atoms with Gasteiger partial charge in [-0.05, 0) is 36.4 Å². The molecule has 1 N–H and O–H groups in total. The van der Waals surface area contributed by atoms with Gasteiger partial charge in [0.25, 0.3) is 0 Å². The molecule has 0 radical (unpaired) electrons. The quantitative estimate of drug-likeness (QED) is 0.747. The minimum Gasteiger partial charge on any atom is -0.392 e. The first-order chi connectivity index (χ1) is 6.26. The zero-order chi connectivity index (χ0) is 9.68. The molecule has 0 fully saturated rings. The third-order valence-corrected chi connectivity index (χ3v) is 2.52. The van der Waals surface area contributed by atoms with Crippen LogP contribution in [0.15, 0.2) is 34.7 Å². The first-order valence-electron chi connectivity index (χ1n) is 4.18. The highest BCUT2D eigenvalue weighted by atomic mass is 32.2. The highest BCUT2D eigenvalue weighted by Crippen LogP contribution is 2.16. The van der Waals surface area contributed by atoms with Crippen LogP contribution in [-0.4, -0.2) is 18.0 Å². The summed E-state index contributed by atoms with van der Waals surface area (Å²) in [6.07, 6.45) is 4.05. The van der Waals surface area contributed by atoms with Crippen molar-refractivity contribution in [1.82, 2.24) is 0 Å². The molecule has 0 aliphatic heterocycles. The first-order valence-corrected chi connectivity index (χ1v) is 5.41. The Hall–Kier alpha value is -0.730. The summed E-state index contributed by atoms with van der Waals surface area (Å²) in [7, 11) is 0. The number of rotatable bonds is 3. The number of hydrogen-bond acceptors (Lipinski definition) is 2. The number of benzene rings is 1. The second kappa shape index (κ2) is 5.10. The molecule has 2 heteroatoms. The molecule has 1 aromatic carbocycles. The molecule has 1 rings (SSSR count). The Morgan fingerprint density at radius 1 is 1.38 bits per heavy atom. The van der Waals surface area contributed by atoms with E-state index in [-0.39, 0.29) is 6.61 Å². The Morgan fingerprint density at radius 2 is 2.00 bits per heavy atom. The highest BCUT2D eigenvalue weighted by Gasteiger charge is 1.91. The number of hydrogen-bond donors (Lipinski definition) is 1. The van der Waals surface area contributed by atoms with Gasteiger partial charge >= 0.3 is 0 Å². The lowest BCUT2D eigenvalue weighted by atomic mass is 10.1. The number of aliphatic hydroxyl groups is 1. The molecule has 0 spiro atoms. The minimum atomic E-state index is 0.129. The third-order valence-electron chi connectivity index (χ3n) is 1.78. The van der Waals surface area contributed by atoms with E-state index in [9.17, 15) is 0 Å². The van der Waals surface area contributed by atoms with Crippen LogP contribution >= 0.6 is 11.8 Å². The Kier molecular flexibility index (Phi) is 4.06. The van der Waals surface area contributed by atoms with E-state index in [2.05, 4.69) is 30.5 Å². The van der Waals surface area contributed by atoms with Crippen molar-refractivity contribution in [2.75, 3.05) is 12.9 Å². The van der Waals surface area contributed by atoms with Crippen molar-refractivity contribution in [3.05, 3.63) is 35.4 Å². The molecule has 13 heavy (non-hydrogen) atoms. The van der Waals surface area contributed by atoms with E-state index in [1.54, 1.807) is 11.8 Å². The van der Waals surface area contributed by atoms with Crippen molar-refractivity contribution in [3.63, 3.8) is 0 Å². The second-order valence-electron chi connectivity index (χ2n) is 2.92.